The Labute approximate surface area is 104 Å². The molecule has 0 unspecified atom stereocenters. The van der Waals surface area contributed by atoms with Crippen LogP contribution in [0.2, 0.25) is 19.6 Å². The van der Waals surface area contributed by atoms with Crippen LogP contribution >= 0.6 is 0 Å². The predicted molar refractivity (Wildman–Crippen MR) is 77.1 cm³/mol. The molecule has 3 heteroatoms. The molecule has 0 aliphatic heterocycles. The van der Waals surface area contributed by atoms with E-state index in [1.54, 1.807) is 6.21 Å². The first kappa shape index (κ1) is 13.5. The van der Waals surface area contributed by atoms with Crippen molar-refractivity contribution in [2.24, 2.45) is 0 Å². The van der Waals surface area contributed by atoms with E-state index in [0.29, 0.717) is 0 Å². The largest absolute Gasteiger partial charge is 0.624 e. The summed E-state index contributed by atoms with van der Waals surface area (Å²) in [4.78, 5) is 0. The van der Waals surface area contributed by atoms with Crippen molar-refractivity contribution in [2.45, 2.75) is 19.6 Å². The van der Waals surface area contributed by atoms with Gasteiger partial charge in [0, 0.05) is 5.56 Å². The predicted octanol–water partition coefficient (Wildman–Crippen LogP) is 3.29. The number of hydroxylamine groups is 1. The van der Waals surface area contributed by atoms with Crippen molar-refractivity contribution in [2.75, 3.05) is 7.05 Å². The first-order valence-electron chi connectivity index (χ1n) is 5.66. The summed E-state index contributed by atoms with van der Waals surface area (Å²) in [6, 6.07) is 7.80. The van der Waals surface area contributed by atoms with Gasteiger partial charge in [0.2, 0.25) is 0 Å². The fourth-order valence-corrected chi connectivity index (χ4v) is 1.92. The van der Waals surface area contributed by atoms with Crippen LogP contribution in [0.4, 0.5) is 0 Å². The van der Waals surface area contributed by atoms with Gasteiger partial charge in [-0.1, -0.05) is 43.5 Å². The maximum atomic E-state index is 11.0. The molecule has 0 atom stereocenters. The van der Waals surface area contributed by atoms with Gasteiger partial charge in [-0.15, -0.1) is 5.73 Å². The first-order valence-corrected chi connectivity index (χ1v) is 9.24. The molecule has 90 valence electrons. The highest BCUT2D eigenvalue weighted by Crippen LogP contribution is 2.08. The van der Waals surface area contributed by atoms with Crippen molar-refractivity contribution < 1.29 is 4.74 Å². The SMILES string of the molecule is C/[N+]([O-])=C/c1ccccc1C=C=C[Si](C)(C)C. The van der Waals surface area contributed by atoms with Crippen molar-refractivity contribution in [1.82, 2.24) is 0 Å². The van der Waals surface area contributed by atoms with Gasteiger partial charge in [0.1, 0.15) is 7.05 Å². The van der Waals surface area contributed by atoms with E-state index in [-0.39, 0.29) is 0 Å². The number of nitrogens with zero attached hydrogens (tertiary/aromatic N) is 1. The molecule has 0 saturated heterocycles. The average molecular weight is 245 g/mol. The fourth-order valence-electron chi connectivity index (χ4n) is 1.34. The molecule has 1 aromatic rings. The van der Waals surface area contributed by atoms with Crippen molar-refractivity contribution in [3.05, 3.63) is 52.0 Å². The van der Waals surface area contributed by atoms with Crippen LogP contribution in [-0.4, -0.2) is 26.1 Å². The molecular formula is C14H19NOSi. The molecule has 0 bridgehead atoms. The number of hydrogen-bond acceptors (Lipinski definition) is 1. The van der Waals surface area contributed by atoms with Crippen molar-refractivity contribution in [3.8, 4) is 0 Å². The van der Waals surface area contributed by atoms with Crippen LogP contribution < -0.4 is 0 Å². The highest BCUT2D eigenvalue weighted by molar-refractivity contribution is 6.80. The van der Waals surface area contributed by atoms with E-state index in [0.717, 1.165) is 15.9 Å². The molecular weight excluding hydrogens is 226 g/mol. The second-order valence-electron chi connectivity index (χ2n) is 5.13. The van der Waals surface area contributed by atoms with Crippen molar-refractivity contribution in [3.63, 3.8) is 0 Å². The van der Waals surface area contributed by atoms with Crippen LogP contribution in [0.5, 0.6) is 0 Å². The second kappa shape index (κ2) is 5.67. The molecule has 0 radical (unpaired) electrons. The standard InChI is InChI=1S/C14H19NOSi/c1-15(16)12-14-9-6-5-8-13(14)10-7-11-17(2,3)4/h5-6,8-12H,1-4H3/b15-12-. The highest BCUT2D eigenvalue weighted by Gasteiger charge is 2.06. The summed E-state index contributed by atoms with van der Waals surface area (Å²) in [6.07, 6.45) is 3.51. The van der Waals surface area contributed by atoms with Gasteiger partial charge in [0.25, 0.3) is 0 Å². The van der Waals surface area contributed by atoms with E-state index in [9.17, 15) is 5.21 Å². The lowest BCUT2D eigenvalue weighted by molar-refractivity contribution is -0.416. The monoisotopic (exact) mass is 245 g/mol. The lowest BCUT2D eigenvalue weighted by Gasteiger charge is -2.05. The van der Waals surface area contributed by atoms with Crippen LogP contribution in [0.3, 0.4) is 0 Å². The zero-order valence-corrected chi connectivity index (χ0v) is 11.9. The van der Waals surface area contributed by atoms with Crippen LogP contribution in [0, 0.1) is 5.21 Å². The topological polar surface area (TPSA) is 26.1 Å². The summed E-state index contributed by atoms with van der Waals surface area (Å²) in [5, 5.41) is 11.0. The molecule has 0 spiro atoms. The highest BCUT2D eigenvalue weighted by atomic mass is 28.3. The number of hydrogen-bond donors (Lipinski definition) is 0. The third kappa shape index (κ3) is 5.34. The minimum atomic E-state index is -1.21. The maximum absolute atomic E-state index is 11.0. The molecule has 1 rings (SSSR count). The zero-order chi connectivity index (χ0) is 12.9. The molecule has 2 nitrogen and oxygen atoms in total. The molecule has 0 amide bonds. The van der Waals surface area contributed by atoms with Crippen molar-refractivity contribution >= 4 is 20.4 Å². The van der Waals surface area contributed by atoms with E-state index >= 15 is 0 Å². The average Bonchev–Trinajstić information content (AvgIpc) is 2.18. The van der Waals surface area contributed by atoms with Gasteiger partial charge in [-0.3, -0.25) is 0 Å². The minimum Gasteiger partial charge on any atom is -0.624 e. The van der Waals surface area contributed by atoms with Crippen LogP contribution in [0.25, 0.3) is 6.08 Å². The Hall–Kier alpha value is -1.57. The Bertz CT molecular complexity index is 473. The Morgan fingerprint density at radius 3 is 2.29 bits per heavy atom. The molecule has 17 heavy (non-hydrogen) atoms. The van der Waals surface area contributed by atoms with Gasteiger partial charge < -0.3 is 5.21 Å². The summed E-state index contributed by atoms with van der Waals surface area (Å²) in [6.45, 7) is 6.78. The summed E-state index contributed by atoms with van der Waals surface area (Å²) in [5.41, 5.74) is 7.32. The molecule has 0 aliphatic rings. The third-order valence-corrected chi connectivity index (χ3v) is 3.10. The number of benzene rings is 1. The van der Waals surface area contributed by atoms with E-state index in [1.165, 1.54) is 7.05 Å². The summed E-state index contributed by atoms with van der Waals surface area (Å²) in [7, 11) is 0.274. The fraction of sp³-hybridized carbons (Fsp3) is 0.286. The lowest BCUT2D eigenvalue weighted by Crippen LogP contribution is -2.14. The van der Waals surface area contributed by atoms with Crippen LogP contribution in [-0.2, 0) is 0 Å². The minimum absolute atomic E-state index is 0.814. The van der Waals surface area contributed by atoms with E-state index < -0.39 is 8.07 Å². The molecule has 0 aromatic heterocycles. The third-order valence-electron chi connectivity index (χ3n) is 2.07. The molecule has 0 aliphatic carbocycles. The zero-order valence-electron chi connectivity index (χ0n) is 10.9. The Morgan fingerprint density at radius 2 is 1.76 bits per heavy atom. The lowest BCUT2D eigenvalue weighted by atomic mass is 10.1. The summed E-state index contributed by atoms with van der Waals surface area (Å²) < 4.78 is 0.814. The molecule has 0 fully saturated rings. The smallest absolute Gasteiger partial charge is 0.182 e. The second-order valence-corrected chi connectivity index (χ2v) is 10.1. The van der Waals surface area contributed by atoms with Gasteiger partial charge >= 0.3 is 0 Å². The van der Waals surface area contributed by atoms with Crippen LogP contribution in [0.1, 0.15) is 11.1 Å². The Morgan fingerprint density at radius 1 is 1.18 bits per heavy atom. The van der Waals surface area contributed by atoms with E-state index in [2.05, 4.69) is 31.1 Å². The molecule has 0 N–H and O–H groups in total. The molecule has 0 saturated carbocycles. The van der Waals surface area contributed by atoms with Gasteiger partial charge in [0.05, 0.1) is 8.07 Å². The Kier molecular flexibility index (Phi) is 4.50. The van der Waals surface area contributed by atoms with Gasteiger partial charge in [0.15, 0.2) is 6.21 Å². The molecule has 0 heterocycles. The van der Waals surface area contributed by atoms with Crippen LogP contribution in [0.15, 0.2) is 35.7 Å². The summed E-state index contributed by atoms with van der Waals surface area (Å²) in [5.74, 6) is 0. The first-order chi connectivity index (χ1) is 7.88. The number of rotatable bonds is 3. The maximum Gasteiger partial charge on any atom is 0.182 e. The van der Waals surface area contributed by atoms with E-state index in [4.69, 9.17) is 0 Å². The van der Waals surface area contributed by atoms with Gasteiger partial charge in [-0.25, -0.2) is 4.74 Å². The summed E-state index contributed by atoms with van der Waals surface area (Å²) >= 11 is 0. The van der Waals surface area contributed by atoms with Gasteiger partial charge in [-0.05, 0) is 17.7 Å². The quantitative estimate of drug-likeness (QED) is 0.200. The normalized spacial score (nSPS) is 11.9. The Balaban J connectivity index is 3.07. The van der Waals surface area contributed by atoms with Gasteiger partial charge in [-0.2, -0.15) is 0 Å². The molecule has 1 aromatic carbocycles. The van der Waals surface area contributed by atoms with E-state index in [1.807, 2.05) is 30.3 Å². The van der Waals surface area contributed by atoms with Crippen molar-refractivity contribution in [1.29, 1.82) is 0 Å².